The minimum atomic E-state index is -0.0833. The van der Waals surface area contributed by atoms with Crippen molar-refractivity contribution in [3.8, 4) is 0 Å². The van der Waals surface area contributed by atoms with E-state index in [9.17, 15) is 9.59 Å². The molecule has 0 saturated carbocycles. The summed E-state index contributed by atoms with van der Waals surface area (Å²) < 4.78 is 1.74. The largest absolute Gasteiger partial charge is 0.323 e. The highest BCUT2D eigenvalue weighted by Gasteiger charge is 2.13. The minimum absolute atomic E-state index is 0.0714. The Bertz CT molecular complexity index is 675. The van der Waals surface area contributed by atoms with Crippen molar-refractivity contribution < 1.29 is 9.59 Å². The Morgan fingerprint density at radius 3 is 2.41 bits per heavy atom. The molecule has 1 aromatic heterocycles. The SMILES string of the molecule is Cc1nn(C)c(C)c1NC(=O)CCCC(=O)c1ccccc1. The first kappa shape index (κ1) is 15.9. The van der Waals surface area contributed by atoms with Crippen LogP contribution in [-0.2, 0) is 11.8 Å². The fraction of sp³-hybridized carbons (Fsp3) is 0.353. The Morgan fingerprint density at radius 1 is 1.14 bits per heavy atom. The first-order chi connectivity index (χ1) is 10.5. The topological polar surface area (TPSA) is 64.0 Å². The van der Waals surface area contributed by atoms with Crippen LogP contribution < -0.4 is 5.32 Å². The lowest BCUT2D eigenvalue weighted by Gasteiger charge is -2.05. The van der Waals surface area contributed by atoms with E-state index in [1.807, 2.05) is 39.1 Å². The third kappa shape index (κ3) is 3.81. The van der Waals surface area contributed by atoms with Crippen LogP contribution in [0.1, 0.15) is 41.0 Å². The van der Waals surface area contributed by atoms with E-state index in [4.69, 9.17) is 0 Å². The smallest absolute Gasteiger partial charge is 0.224 e. The summed E-state index contributed by atoms with van der Waals surface area (Å²) >= 11 is 0. The Balaban J connectivity index is 1.82. The zero-order valence-corrected chi connectivity index (χ0v) is 13.2. The van der Waals surface area contributed by atoms with E-state index in [1.165, 1.54) is 0 Å². The molecule has 1 heterocycles. The predicted molar refractivity (Wildman–Crippen MR) is 85.9 cm³/mol. The molecule has 1 N–H and O–H groups in total. The quantitative estimate of drug-likeness (QED) is 0.834. The molecule has 0 aliphatic rings. The molecule has 1 amide bonds. The van der Waals surface area contributed by atoms with Gasteiger partial charge in [0, 0.05) is 25.5 Å². The van der Waals surface area contributed by atoms with E-state index in [1.54, 1.807) is 16.8 Å². The fourth-order valence-corrected chi connectivity index (χ4v) is 2.33. The van der Waals surface area contributed by atoms with Gasteiger partial charge in [0.15, 0.2) is 5.78 Å². The molecule has 0 spiro atoms. The van der Waals surface area contributed by atoms with Gasteiger partial charge in [-0.15, -0.1) is 0 Å². The summed E-state index contributed by atoms with van der Waals surface area (Å²) in [4.78, 5) is 23.9. The molecule has 0 saturated heterocycles. The van der Waals surface area contributed by atoms with Gasteiger partial charge in [0.1, 0.15) is 0 Å². The molecule has 1 aromatic carbocycles. The van der Waals surface area contributed by atoms with Gasteiger partial charge in [0.05, 0.1) is 17.1 Å². The molecule has 0 radical (unpaired) electrons. The van der Waals surface area contributed by atoms with Crippen LogP contribution in [0.4, 0.5) is 5.69 Å². The van der Waals surface area contributed by atoms with Crippen LogP contribution in [0.2, 0.25) is 0 Å². The Labute approximate surface area is 130 Å². The maximum Gasteiger partial charge on any atom is 0.224 e. The number of rotatable bonds is 6. The first-order valence-electron chi connectivity index (χ1n) is 7.37. The van der Waals surface area contributed by atoms with Crippen molar-refractivity contribution in [2.75, 3.05) is 5.32 Å². The van der Waals surface area contributed by atoms with Crippen molar-refractivity contribution in [1.29, 1.82) is 0 Å². The van der Waals surface area contributed by atoms with Gasteiger partial charge < -0.3 is 5.32 Å². The number of hydrogen-bond donors (Lipinski definition) is 1. The minimum Gasteiger partial charge on any atom is -0.323 e. The average molecular weight is 299 g/mol. The van der Waals surface area contributed by atoms with Gasteiger partial charge in [0.2, 0.25) is 5.91 Å². The van der Waals surface area contributed by atoms with Crippen LogP contribution in [0.15, 0.2) is 30.3 Å². The molecule has 0 unspecified atom stereocenters. The maximum absolute atomic E-state index is 12.0. The number of nitrogens with one attached hydrogen (secondary N) is 1. The summed E-state index contributed by atoms with van der Waals surface area (Å²) in [7, 11) is 1.84. The predicted octanol–water partition coefficient (Wildman–Crippen LogP) is 3.03. The highest BCUT2D eigenvalue weighted by atomic mass is 16.1. The molecule has 2 rings (SSSR count). The number of aromatic nitrogens is 2. The number of amides is 1. The molecular weight excluding hydrogens is 278 g/mol. The molecule has 116 valence electrons. The lowest BCUT2D eigenvalue weighted by molar-refractivity contribution is -0.116. The van der Waals surface area contributed by atoms with Gasteiger partial charge in [0.25, 0.3) is 0 Å². The molecule has 0 aliphatic carbocycles. The van der Waals surface area contributed by atoms with Crippen molar-refractivity contribution in [3.05, 3.63) is 47.3 Å². The van der Waals surface area contributed by atoms with E-state index < -0.39 is 0 Å². The number of ketones is 1. The van der Waals surface area contributed by atoms with E-state index in [-0.39, 0.29) is 11.7 Å². The second kappa shape index (κ2) is 7.02. The van der Waals surface area contributed by atoms with Crippen molar-refractivity contribution >= 4 is 17.4 Å². The van der Waals surface area contributed by atoms with Gasteiger partial charge in [-0.05, 0) is 20.3 Å². The molecule has 0 fully saturated rings. The summed E-state index contributed by atoms with van der Waals surface area (Å²) in [6.07, 6.45) is 1.24. The summed E-state index contributed by atoms with van der Waals surface area (Å²) in [6, 6.07) is 9.15. The molecule has 0 bridgehead atoms. The zero-order valence-electron chi connectivity index (χ0n) is 13.2. The molecule has 5 nitrogen and oxygen atoms in total. The highest BCUT2D eigenvalue weighted by molar-refractivity contribution is 5.96. The first-order valence-corrected chi connectivity index (χ1v) is 7.37. The molecule has 5 heteroatoms. The van der Waals surface area contributed by atoms with E-state index in [0.29, 0.717) is 24.8 Å². The standard InChI is InChI=1S/C17H21N3O2/c1-12-17(13(2)20(3)19-12)18-16(22)11-7-10-15(21)14-8-5-4-6-9-14/h4-6,8-9H,7,10-11H2,1-3H3,(H,18,22). The summed E-state index contributed by atoms with van der Waals surface area (Å²) in [5, 5.41) is 7.14. The van der Waals surface area contributed by atoms with Crippen LogP contribution in [0.25, 0.3) is 0 Å². The fourth-order valence-electron chi connectivity index (χ4n) is 2.33. The van der Waals surface area contributed by atoms with Gasteiger partial charge in [-0.3, -0.25) is 14.3 Å². The number of carbonyl (C=O) groups excluding carboxylic acids is 2. The Morgan fingerprint density at radius 2 is 1.82 bits per heavy atom. The summed E-state index contributed by atoms with van der Waals surface area (Å²) in [5.74, 6) is -0.0119. The highest BCUT2D eigenvalue weighted by Crippen LogP contribution is 2.18. The zero-order chi connectivity index (χ0) is 16.1. The number of Topliss-reactive ketones (excluding diaryl/α,β-unsaturated/α-hetero) is 1. The van der Waals surface area contributed by atoms with E-state index in [0.717, 1.165) is 17.1 Å². The lowest BCUT2D eigenvalue weighted by Crippen LogP contribution is -2.13. The maximum atomic E-state index is 12.0. The van der Waals surface area contributed by atoms with Crippen molar-refractivity contribution in [2.45, 2.75) is 33.1 Å². The van der Waals surface area contributed by atoms with Gasteiger partial charge >= 0.3 is 0 Å². The van der Waals surface area contributed by atoms with Crippen LogP contribution in [-0.4, -0.2) is 21.5 Å². The van der Waals surface area contributed by atoms with E-state index in [2.05, 4.69) is 10.4 Å². The lowest BCUT2D eigenvalue weighted by atomic mass is 10.1. The van der Waals surface area contributed by atoms with Crippen LogP contribution in [0.3, 0.4) is 0 Å². The normalized spacial score (nSPS) is 10.5. The second-order valence-electron chi connectivity index (χ2n) is 5.36. The molecule has 0 aliphatic heterocycles. The van der Waals surface area contributed by atoms with E-state index >= 15 is 0 Å². The van der Waals surface area contributed by atoms with Crippen molar-refractivity contribution in [3.63, 3.8) is 0 Å². The average Bonchev–Trinajstić information content (AvgIpc) is 2.74. The summed E-state index contributed by atoms with van der Waals surface area (Å²) in [6.45, 7) is 3.77. The van der Waals surface area contributed by atoms with Crippen molar-refractivity contribution in [2.24, 2.45) is 7.05 Å². The number of anilines is 1. The summed E-state index contributed by atoms with van der Waals surface area (Å²) in [5.41, 5.74) is 3.18. The Kier molecular flexibility index (Phi) is 5.09. The van der Waals surface area contributed by atoms with Crippen LogP contribution >= 0.6 is 0 Å². The van der Waals surface area contributed by atoms with Crippen LogP contribution in [0, 0.1) is 13.8 Å². The van der Waals surface area contributed by atoms with Gasteiger partial charge in [-0.1, -0.05) is 30.3 Å². The van der Waals surface area contributed by atoms with Crippen molar-refractivity contribution in [1.82, 2.24) is 9.78 Å². The number of carbonyl (C=O) groups is 2. The second-order valence-corrected chi connectivity index (χ2v) is 5.36. The number of benzene rings is 1. The monoisotopic (exact) mass is 299 g/mol. The van der Waals surface area contributed by atoms with Gasteiger partial charge in [-0.25, -0.2) is 0 Å². The molecular formula is C17H21N3O2. The third-order valence-corrected chi connectivity index (χ3v) is 3.68. The molecule has 22 heavy (non-hydrogen) atoms. The molecule has 2 aromatic rings. The van der Waals surface area contributed by atoms with Gasteiger partial charge in [-0.2, -0.15) is 5.10 Å². The third-order valence-electron chi connectivity index (χ3n) is 3.68. The van der Waals surface area contributed by atoms with Crippen LogP contribution in [0.5, 0.6) is 0 Å². The number of aryl methyl sites for hydroxylation is 2. The molecule has 0 atom stereocenters. The number of hydrogen-bond acceptors (Lipinski definition) is 3. The Hall–Kier alpha value is -2.43. The number of nitrogens with zero attached hydrogens (tertiary/aromatic N) is 2.